The molecule has 1 unspecified atom stereocenters. The van der Waals surface area contributed by atoms with E-state index in [1.807, 2.05) is 17.0 Å². The molecule has 2 saturated heterocycles. The van der Waals surface area contributed by atoms with E-state index in [1.54, 1.807) is 0 Å². The van der Waals surface area contributed by atoms with Crippen LogP contribution < -0.4 is 5.32 Å². The molecule has 2 heterocycles. The number of carbonyl (C=O) groups is 1. The van der Waals surface area contributed by atoms with Gasteiger partial charge in [0, 0.05) is 50.9 Å². The number of amides is 2. The molecule has 2 aliphatic heterocycles. The molecule has 1 atom stereocenters. The highest BCUT2D eigenvalue weighted by Gasteiger charge is 2.22. The van der Waals surface area contributed by atoms with Gasteiger partial charge in [-0.3, -0.25) is 4.90 Å². The van der Waals surface area contributed by atoms with Crippen molar-refractivity contribution in [2.45, 2.75) is 25.5 Å². The number of piperazine rings is 1. The Kier molecular flexibility index (Phi) is 5.75. The molecule has 0 spiro atoms. The van der Waals surface area contributed by atoms with Crippen LogP contribution in [0.1, 0.15) is 18.4 Å². The van der Waals surface area contributed by atoms with Crippen LogP contribution in [0, 0.1) is 0 Å². The van der Waals surface area contributed by atoms with Crippen molar-refractivity contribution in [2.24, 2.45) is 0 Å². The number of nitrogens with zero attached hydrogens (tertiary/aromatic N) is 2. The maximum atomic E-state index is 12.2. The van der Waals surface area contributed by atoms with Crippen LogP contribution >= 0.6 is 11.6 Å². The van der Waals surface area contributed by atoms with Crippen LogP contribution in [0.5, 0.6) is 0 Å². The number of nitrogens with one attached hydrogen (secondary N) is 1. The van der Waals surface area contributed by atoms with Crippen LogP contribution in [0.15, 0.2) is 24.3 Å². The standard InChI is InChI=1S/C17H24ClN3O2/c18-15-5-3-14(4-6-15)13-20-7-9-21(10-8-20)17(22)19-12-16-2-1-11-23-16/h3-6,16H,1-2,7-13H2,(H,19,22). The van der Waals surface area contributed by atoms with E-state index >= 15 is 0 Å². The molecule has 5 nitrogen and oxygen atoms in total. The molecular formula is C17H24ClN3O2. The van der Waals surface area contributed by atoms with Gasteiger partial charge in [0.15, 0.2) is 0 Å². The molecule has 0 radical (unpaired) electrons. The molecule has 2 amide bonds. The molecule has 0 aromatic heterocycles. The number of hydrogen-bond donors (Lipinski definition) is 1. The topological polar surface area (TPSA) is 44.8 Å². The number of halogens is 1. The molecule has 23 heavy (non-hydrogen) atoms. The average molecular weight is 338 g/mol. The third-order valence-electron chi connectivity index (χ3n) is 4.48. The smallest absolute Gasteiger partial charge is 0.317 e. The zero-order valence-electron chi connectivity index (χ0n) is 13.3. The van der Waals surface area contributed by atoms with Crippen molar-refractivity contribution in [3.8, 4) is 0 Å². The summed E-state index contributed by atoms with van der Waals surface area (Å²) in [6.45, 7) is 5.69. The molecule has 0 bridgehead atoms. The van der Waals surface area contributed by atoms with E-state index in [9.17, 15) is 4.79 Å². The second-order valence-corrected chi connectivity index (χ2v) is 6.65. The molecule has 6 heteroatoms. The van der Waals surface area contributed by atoms with Gasteiger partial charge in [-0.25, -0.2) is 4.79 Å². The number of rotatable bonds is 4. The van der Waals surface area contributed by atoms with Gasteiger partial charge in [-0.05, 0) is 30.5 Å². The summed E-state index contributed by atoms with van der Waals surface area (Å²) in [4.78, 5) is 16.4. The van der Waals surface area contributed by atoms with Gasteiger partial charge in [0.25, 0.3) is 0 Å². The van der Waals surface area contributed by atoms with Crippen LogP contribution in [-0.4, -0.2) is 61.3 Å². The van der Waals surface area contributed by atoms with E-state index in [2.05, 4.69) is 22.3 Å². The highest BCUT2D eigenvalue weighted by atomic mass is 35.5. The highest BCUT2D eigenvalue weighted by molar-refractivity contribution is 6.30. The predicted molar refractivity (Wildman–Crippen MR) is 90.7 cm³/mol. The van der Waals surface area contributed by atoms with Gasteiger partial charge in [0.2, 0.25) is 0 Å². The molecule has 126 valence electrons. The maximum absolute atomic E-state index is 12.2. The van der Waals surface area contributed by atoms with Crippen LogP contribution in [0.25, 0.3) is 0 Å². The third-order valence-corrected chi connectivity index (χ3v) is 4.74. The second-order valence-electron chi connectivity index (χ2n) is 6.21. The van der Waals surface area contributed by atoms with Gasteiger partial charge in [0.1, 0.15) is 0 Å². The van der Waals surface area contributed by atoms with Gasteiger partial charge < -0.3 is 15.0 Å². The molecule has 1 aromatic rings. The van der Waals surface area contributed by atoms with E-state index in [4.69, 9.17) is 16.3 Å². The largest absolute Gasteiger partial charge is 0.376 e. The van der Waals surface area contributed by atoms with E-state index in [1.165, 1.54) is 5.56 Å². The summed E-state index contributed by atoms with van der Waals surface area (Å²) < 4.78 is 5.53. The van der Waals surface area contributed by atoms with Gasteiger partial charge >= 0.3 is 6.03 Å². The Morgan fingerprint density at radius 3 is 2.61 bits per heavy atom. The predicted octanol–water partition coefficient (Wildman–Crippen LogP) is 2.35. The minimum atomic E-state index is 0.0339. The lowest BCUT2D eigenvalue weighted by Gasteiger charge is -2.34. The van der Waals surface area contributed by atoms with Crippen molar-refractivity contribution in [2.75, 3.05) is 39.3 Å². The molecule has 3 rings (SSSR count). The van der Waals surface area contributed by atoms with E-state index in [-0.39, 0.29) is 12.1 Å². The lowest BCUT2D eigenvalue weighted by atomic mass is 10.2. The van der Waals surface area contributed by atoms with Crippen molar-refractivity contribution >= 4 is 17.6 Å². The maximum Gasteiger partial charge on any atom is 0.317 e. The van der Waals surface area contributed by atoms with E-state index < -0.39 is 0 Å². The number of carbonyl (C=O) groups excluding carboxylic acids is 1. The molecule has 1 aromatic carbocycles. The summed E-state index contributed by atoms with van der Waals surface area (Å²) in [6, 6.07) is 8.00. The Morgan fingerprint density at radius 1 is 1.22 bits per heavy atom. The Hall–Kier alpha value is -1.30. The molecular weight excluding hydrogens is 314 g/mol. The first-order valence-electron chi connectivity index (χ1n) is 8.32. The zero-order valence-corrected chi connectivity index (χ0v) is 14.1. The fraction of sp³-hybridized carbons (Fsp3) is 0.588. The molecule has 2 fully saturated rings. The van der Waals surface area contributed by atoms with Crippen molar-refractivity contribution in [3.63, 3.8) is 0 Å². The first kappa shape index (κ1) is 16.6. The Bertz CT molecular complexity index is 509. The lowest BCUT2D eigenvalue weighted by molar-refractivity contribution is 0.104. The summed E-state index contributed by atoms with van der Waals surface area (Å²) in [5, 5.41) is 3.76. The molecule has 1 N–H and O–H groups in total. The van der Waals surface area contributed by atoms with Crippen LogP contribution in [0.4, 0.5) is 4.79 Å². The lowest BCUT2D eigenvalue weighted by Crippen LogP contribution is -2.52. The van der Waals surface area contributed by atoms with Crippen LogP contribution in [0.2, 0.25) is 5.02 Å². The van der Waals surface area contributed by atoms with E-state index in [0.717, 1.165) is 57.2 Å². The normalized spacial score (nSPS) is 22.3. The van der Waals surface area contributed by atoms with Gasteiger partial charge in [-0.2, -0.15) is 0 Å². The number of urea groups is 1. The minimum Gasteiger partial charge on any atom is -0.376 e. The van der Waals surface area contributed by atoms with Crippen molar-refractivity contribution in [1.82, 2.24) is 15.1 Å². The second kappa shape index (κ2) is 7.99. The fourth-order valence-electron chi connectivity index (χ4n) is 3.08. The highest BCUT2D eigenvalue weighted by Crippen LogP contribution is 2.13. The number of benzene rings is 1. The van der Waals surface area contributed by atoms with Gasteiger partial charge in [-0.1, -0.05) is 23.7 Å². The van der Waals surface area contributed by atoms with Gasteiger partial charge in [-0.15, -0.1) is 0 Å². The summed E-state index contributed by atoms with van der Waals surface area (Å²) in [7, 11) is 0. The Labute approximate surface area is 142 Å². The zero-order chi connectivity index (χ0) is 16.1. The molecule has 0 saturated carbocycles. The summed E-state index contributed by atoms with van der Waals surface area (Å²) in [5.41, 5.74) is 1.26. The van der Waals surface area contributed by atoms with Crippen molar-refractivity contribution in [1.29, 1.82) is 0 Å². The van der Waals surface area contributed by atoms with Gasteiger partial charge in [0.05, 0.1) is 6.10 Å². The van der Waals surface area contributed by atoms with E-state index in [0.29, 0.717) is 6.54 Å². The van der Waals surface area contributed by atoms with Crippen LogP contribution in [0.3, 0.4) is 0 Å². The summed E-state index contributed by atoms with van der Waals surface area (Å²) >= 11 is 5.91. The number of ether oxygens (including phenoxy) is 1. The number of hydrogen-bond acceptors (Lipinski definition) is 3. The first-order valence-corrected chi connectivity index (χ1v) is 8.70. The minimum absolute atomic E-state index is 0.0339. The monoisotopic (exact) mass is 337 g/mol. The summed E-state index contributed by atoms with van der Waals surface area (Å²) in [5.74, 6) is 0. The Morgan fingerprint density at radius 2 is 1.96 bits per heavy atom. The average Bonchev–Trinajstić information content (AvgIpc) is 3.09. The third kappa shape index (κ3) is 4.83. The Balaban J connectivity index is 1.39. The fourth-order valence-corrected chi connectivity index (χ4v) is 3.20. The molecule has 0 aliphatic carbocycles. The SMILES string of the molecule is O=C(NCC1CCCO1)N1CCN(Cc2ccc(Cl)cc2)CC1. The quantitative estimate of drug-likeness (QED) is 0.917. The van der Waals surface area contributed by atoms with Crippen molar-refractivity contribution < 1.29 is 9.53 Å². The van der Waals surface area contributed by atoms with Crippen LogP contribution in [-0.2, 0) is 11.3 Å². The molecule has 2 aliphatic rings. The summed E-state index contributed by atoms with van der Waals surface area (Å²) in [6.07, 6.45) is 2.35. The van der Waals surface area contributed by atoms with Crippen molar-refractivity contribution in [3.05, 3.63) is 34.9 Å². The first-order chi connectivity index (χ1) is 11.2.